The van der Waals surface area contributed by atoms with Gasteiger partial charge < -0.3 is 0 Å². The minimum Gasteiger partial charge on any atom is -0.268 e. The van der Waals surface area contributed by atoms with Crippen molar-refractivity contribution < 1.29 is 13.2 Å². The normalized spacial score (nSPS) is 29.2. The molecule has 0 spiro atoms. The molecule has 0 bridgehead atoms. The molecule has 0 radical (unpaired) electrons. The van der Waals surface area contributed by atoms with Crippen molar-refractivity contribution in [2.24, 2.45) is 10.9 Å². The first-order valence-corrected chi connectivity index (χ1v) is 6.47. The number of rotatable bonds is 1. The molecule has 0 aromatic heterocycles. The summed E-state index contributed by atoms with van der Waals surface area (Å²) in [5.74, 6) is -0.0483. The molecule has 0 saturated carbocycles. The number of nitrogens with zero attached hydrogens (tertiary/aromatic N) is 1. The van der Waals surface area contributed by atoms with Crippen LogP contribution < -0.4 is 0 Å². The molecule has 0 saturated heterocycles. The summed E-state index contributed by atoms with van der Waals surface area (Å²) in [5.41, 5.74) is 1.45. The number of hydrogen-bond donors (Lipinski definition) is 0. The second kappa shape index (κ2) is 6.07. The minimum atomic E-state index is -4.30. The Morgan fingerprint density at radius 1 is 1.15 bits per heavy atom. The second-order valence-corrected chi connectivity index (χ2v) is 4.90. The van der Waals surface area contributed by atoms with Crippen LogP contribution in [-0.2, 0) is 0 Å². The number of alkyl halides is 3. The van der Waals surface area contributed by atoms with Crippen LogP contribution in [0.4, 0.5) is 13.2 Å². The van der Waals surface area contributed by atoms with Crippen LogP contribution >= 0.6 is 0 Å². The van der Waals surface area contributed by atoms with E-state index in [1.54, 1.807) is 24.6 Å². The van der Waals surface area contributed by atoms with Gasteiger partial charge in [-0.05, 0) is 19.8 Å². The van der Waals surface area contributed by atoms with Crippen LogP contribution in [0.3, 0.4) is 0 Å². The van der Waals surface area contributed by atoms with Crippen molar-refractivity contribution in [2.75, 3.05) is 0 Å². The van der Waals surface area contributed by atoms with E-state index in [0.717, 1.165) is 29.7 Å². The third-order valence-corrected chi connectivity index (χ3v) is 3.21. The SMILES string of the molecule is C/C1=C/N=C\C(C2=CC=C(C(F)(F)F)C=CC2)/C=C/C1. The minimum absolute atomic E-state index is 0.0483. The van der Waals surface area contributed by atoms with Gasteiger partial charge in [-0.3, -0.25) is 4.99 Å². The fourth-order valence-corrected chi connectivity index (χ4v) is 2.06. The van der Waals surface area contributed by atoms with Crippen molar-refractivity contribution in [3.8, 4) is 0 Å². The highest BCUT2D eigenvalue weighted by Crippen LogP contribution is 2.30. The van der Waals surface area contributed by atoms with Crippen molar-refractivity contribution in [3.05, 3.63) is 59.4 Å². The van der Waals surface area contributed by atoms with Crippen molar-refractivity contribution in [1.29, 1.82) is 0 Å². The molecular weight excluding hydrogens is 263 g/mol. The van der Waals surface area contributed by atoms with Gasteiger partial charge in [-0.15, -0.1) is 0 Å². The van der Waals surface area contributed by atoms with Crippen LogP contribution in [-0.4, -0.2) is 12.4 Å². The summed E-state index contributed by atoms with van der Waals surface area (Å²) in [4.78, 5) is 4.22. The van der Waals surface area contributed by atoms with Crippen molar-refractivity contribution in [2.45, 2.75) is 25.9 Å². The van der Waals surface area contributed by atoms with Crippen LogP contribution in [0.25, 0.3) is 0 Å². The summed E-state index contributed by atoms with van der Waals surface area (Å²) in [5, 5.41) is 0. The van der Waals surface area contributed by atoms with Crippen molar-refractivity contribution in [1.82, 2.24) is 0 Å². The first kappa shape index (κ1) is 14.6. The fraction of sp³-hybridized carbons (Fsp3) is 0.312. The molecule has 1 unspecified atom stereocenters. The quantitative estimate of drug-likeness (QED) is 0.605. The topological polar surface area (TPSA) is 12.4 Å². The molecule has 1 aliphatic heterocycles. The van der Waals surface area contributed by atoms with Gasteiger partial charge in [0, 0.05) is 18.3 Å². The predicted molar refractivity (Wildman–Crippen MR) is 75.5 cm³/mol. The average molecular weight is 279 g/mol. The molecule has 1 heterocycles. The molecule has 2 rings (SSSR count). The number of aliphatic imine (C=N–C) groups is 1. The van der Waals surface area contributed by atoms with E-state index in [4.69, 9.17) is 0 Å². The van der Waals surface area contributed by atoms with E-state index in [1.165, 1.54) is 0 Å². The summed E-state index contributed by atoms with van der Waals surface area (Å²) in [6, 6.07) is 0. The predicted octanol–water partition coefficient (Wildman–Crippen LogP) is 4.91. The van der Waals surface area contributed by atoms with E-state index in [1.807, 2.05) is 19.1 Å². The molecule has 1 atom stereocenters. The van der Waals surface area contributed by atoms with Crippen LogP contribution in [0.2, 0.25) is 0 Å². The molecule has 0 fully saturated rings. The van der Waals surface area contributed by atoms with Gasteiger partial charge in [0.25, 0.3) is 0 Å². The van der Waals surface area contributed by atoms with E-state index >= 15 is 0 Å². The zero-order chi connectivity index (χ0) is 14.6. The van der Waals surface area contributed by atoms with E-state index in [0.29, 0.717) is 6.42 Å². The van der Waals surface area contributed by atoms with Gasteiger partial charge >= 0.3 is 6.18 Å². The van der Waals surface area contributed by atoms with Gasteiger partial charge in [-0.2, -0.15) is 13.2 Å². The third kappa shape index (κ3) is 3.83. The van der Waals surface area contributed by atoms with Gasteiger partial charge in [0.2, 0.25) is 0 Å². The van der Waals surface area contributed by atoms with Crippen LogP contribution in [0.15, 0.2) is 64.4 Å². The van der Waals surface area contributed by atoms with Crippen molar-refractivity contribution >= 4 is 6.21 Å². The Morgan fingerprint density at radius 2 is 1.95 bits per heavy atom. The molecular formula is C16H16F3N. The van der Waals surface area contributed by atoms with Gasteiger partial charge in [0.15, 0.2) is 0 Å². The van der Waals surface area contributed by atoms with E-state index in [9.17, 15) is 13.2 Å². The summed E-state index contributed by atoms with van der Waals surface area (Å²) in [6.45, 7) is 1.99. The van der Waals surface area contributed by atoms with Crippen LogP contribution in [0, 0.1) is 5.92 Å². The molecule has 1 aliphatic carbocycles. The second-order valence-electron chi connectivity index (χ2n) is 4.90. The molecule has 0 amide bonds. The molecule has 20 heavy (non-hydrogen) atoms. The van der Waals surface area contributed by atoms with E-state index in [-0.39, 0.29) is 5.92 Å². The van der Waals surface area contributed by atoms with Gasteiger partial charge in [0.1, 0.15) is 0 Å². The van der Waals surface area contributed by atoms with Crippen LogP contribution in [0.5, 0.6) is 0 Å². The third-order valence-electron chi connectivity index (χ3n) is 3.21. The molecule has 0 N–H and O–H groups in total. The average Bonchev–Trinajstić information content (AvgIpc) is 2.58. The first-order valence-electron chi connectivity index (χ1n) is 6.47. The first-order chi connectivity index (χ1) is 9.47. The summed E-state index contributed by atoms with van der Waals surface area (Å²) in [7, 11) is 0. The van der Waals surface area contributed by atoms with Crippen LogP contribution in [0.1, 0.15) is 19.8 Å². The molecule has 106 valence electrons. The lowest BCUT2D eigenvalue weighted by Crippen LogP contribution is -2.09. The molecule has 0 aromatic rings. The highest BCUT2D eigenvalue weighted by molar-refractivity contribution is 5.69. The monoisotopic (exact) mass is 279 g/mol. The maximum atomic E-state index is 12.7. The zero-order valence-corrected chi connectivity index (χ0v) is 11.2. The summed E-state index contributed by atoms with van der Waals surface area (Å²) >= 11 is 0. The molecule has 2 aliphatic rings. The number of hydrogen-bond acceptors (Lipinski definition) is 1. The van der Waals surface area contributed by atoms with Gasteiger partial charge in [-0.25, -0.2) is 0 Å². The summed E-state index contributed by atoms with van der Waals surface area (Å²) in [6.07, 6.45) is 10.00. The Hall–Kier alpha value is -1.84. The number of halogens is 3. The zero-order valence-electron chi connectivity index (χ0n) is 11.2. The lowest BCUT2D eigenvalue weighted by Gasteiger charge is -2.11. The Labute approximate surface area is 116 Å². The highest BCUT2D eigenvalue weighted by Gasteiger charge is 2.31. The standard InChI is InChI=1S/C16H16F3N/c1-12-4-2-6-14(11-20-10-12)13-5-3-7-15(9-8-13)16(17,18)19/h2-3,6-11,14H,4-5H2,1H3/b6-2+,12-10-,20-11-. The summed E-state index contributed by atoms with van der Waals surface area (Å²) < 4.78 is 38.0. The lowest BCUT2D eigenvalue weighted by molar-refractivity contribution is -0.0881. The Bertz CT molecular complexity index is 543. The smallest absolute Gasteiger partial charge is 0.268 e. The van der Waals surface area contributed by atoms with Gasteiger partial charge in [0.05, 0.1) is 5.57 Å². The Morgan fingerprint density at radius 3 is 2.70 bits per heavy atom. The highest BCUT2D eigenvalue weighted by atomic mass is 19.4. The molecule has 1 nitrogen and oxygen atoms in total. The maximum Gasteiger partial charge on any atom is 0.416 e. The molecule has 0 aromatic carbocycles. The molecule has 4 heteroatoms. The Balaban J connectivity index is 2.24. The van der Waals surface area contributed by atoms with Gasteiger partial charge in [-0.1, -0.05) is 47.6 Å². The van der Waals surface area contributed by atoms with E-state index in [2.05, 4.69) is 4.99 Å². The largest absolute Gasteiger partial charge is 0.416 e. The number of allylic oxidation sites excluding steroid dienone is 9. The maximum absolute atomic E-state index is 12.7. The fourth-order valence-electron chi connectivity index (χ4n) is 2.06. The Kier molecular flexibility index (Phi) is 4.42. The van der Waals surface area contributed by atoms with Crippen molar-refractivity contribution in [3.63, 3.8) is 0 Å². The lowest BCUT2D eigenvalue weighted by atomic mass is 9.95. The van der Waals surface area contributed by atoms with E-state index < -0.39 is 11.7 Å².